The van der Waals surface area contributed by atoms with Crippen LogP contribution in [-0.4, -0.2) is 41.0 Å². The molecule has 30 heavy (non-hydrogen) atoms. The third kappa shape index (κ3) is 20.1. The fraction of sp³-hybridized carbons (Fsp3) is 0.810. The van der Waals surface area contributed by atoms with E-state index in [1.807, 2.05) is 6.08 Å². The SMILES string of the molecule is C=CCCCCCCCC(=O)O[C@H](COC(=O)CCCCCCC)COP(=O)(O)O. The van der Waals surface area contributed by atoms with Gasteiger partial charge in [0.05, 0.1) is 6.61 Å². The summed E-state index contributed by atoms with van der Waals surface area (Å²) in [6, 6.07) is 0. The van der Waals surface area contributed by atoms with Crippen LogP contribution in [-0.2, 0) is 28.2 Å². The molecule has 0 saturated carbocycles. The summed E-state index contributed by atoms with van der Waals surface area (Å²) in [5, 5.41) is 0. The number of rotatable bonds is 20. The molecule has 0 amide bonds. The molecule has 1 atom stereocenters. The van der Waals surface area contributed by atoms with Gasteiger partial charge < -0.3 is 19.3 Å². The summed E-state index contributed by atoms with van der Waals surface area (Å²) in [7, 11) is -4.72. The highest BCUT2D eigenvalue weighted by molar-refractivity contribution is 7.46. The van der Waals surface area contributed by atoms with E-state index < -0.39 is 32.5 Å². The van der Waals surface area contributed by atoms with E-state index in [9.17, 15) is 14.2 Å². The molecule has 9 heteroatoms. The average molecular weight is 451 g/mol. The summed E-state index contributed by atoms with van der Waals surface area (Å²) >= 11 is 0. The van der Waals surface area contributed by atoms with E-state index in [4.69, 9.17) is 19.3 Å². The molecule has 0 aliphatic carbocycles. The number of allylic oxidation sites excluding steroid dienone is 1. The molecule has 0 aliphatic heterocycles. The highest BCUT2D eigenvalue weighted by Gasteiger charge is 2.22. The Kier molecular flexibility index (Phi) is 17.8. The maximum Gasteiger partial charge on any atom is 0.469 e. The first-order valence-corrected chi connectivity index (χ1v) is 12.5. The standard InChI is InChI=1S/C21H39O8P/c1-3-5-7-9-10-12-14-16-21(23)29-19(18-28-30(24,25)26)17-27-20(22)15-13-11-8-6-4-2/h3,19H,1,4-18H2,2H3,(H2,24,25,26)/t19-/m1/s1. The van der Waals surface area contributed by atoms with Crippen LogP contribution >= 0.6 is 7.82 Å². The van der Waals surface area contributed by atoms with Crippen LogP contribution < -0.4 is 0 Å². The fourth-order valence-electron chi connectivity index (χ4n) is 2.76. The summed E-state index contributed by atoms with van der Waals surface area (Å²) in [5.74, 6) is -0.931. The first kappa shape index (κ1) is 28.8. The highest BCUT2D eigenvalue weighted by atomic mass is 31.2. The smallest absolute Gasteiger partial charge is 0.462 e. The number of carbonyl (C=O) groups is 2. The molecule has 0 spiro atoms. The van der Waals surface area contributed by atoms with E-state index in [-0.39, 0.29) is 19.4 Å². The summed E-state index contributed by atoms with van der Waals surface area (Å²) < 4.78 is 25.6. The predicted molar refractivity (Wildman–Crippen MR) is 115 cm³/mol. The maximum absolute atomic E-state index is 12.0. The van der Waals surface area contributed by atoms with Crippen LogP contribution in [0.5, 0.6) is 0 Å². The molecule has 0 radical (unpaired) electrons. The lowest BCUT2D eigenvalue weighted by molar-refractivity contribution is -0.161. The number of unbranched alkanes of at least 4 members (excludes halogenated alkanes) is 9. The van der Waals surface area contributed by atoms with Crippen molar-refractivity contribution in [1.82, 2.24) is 0 Å². The normalized spacial score (nSPS) is 12.4. The maximum atomic E-state index is 12.0. The third-order valence-electron chi connectivity index (χ3n) is 4.43. The van der Waals surface area contributed by atoms with Crippen LogP contribution in [0.4, 0.5) is 0 Å². The van der Waals surface area contributed by atoms with E-state index in [1.54, 1.807) is 0 Å². The molecule has 2 N–H and O–H groups in total. The zero-order valence-electron chi connectivity index (χ0n) is 18.3. The number of ether oxygens (including phenoxy) is 2. The summed E-state index contributed by atoms with van der Waals surface area (Å²) in [5.41, 5.74) is 0. The van der Waals surface area contributed by atoms with Gasteiger partial charge in [0, 0.05) is 12.8 Å². The van der Waals surface area contributed by atoms with Gasteiger partial charge >= 0.3 is 19.8 Å². The molecular weight excluding hydrogens is 411 g/mol. The van der Waals surface area contributed by atoms with Gasteiger partial charge in [0.2, 0.25) is 0 Å². The van der Waals surface area contributed by atoms with Gasteiger partial charge in [-0.2, -0.15) is 0 Å². The van der Waals surface area contributed by atoms with Gasteiger partial charge in [-0.15, -0.1) is 6.58 Å². The molecule has 0 bridgehead atoms. The molecule has 0 rings (SSSR count). The zero-order valence-corrected chi connectivity index (χ0v) is 19.2. The molecule has 0 saturated heterocycles. The minimum atomic E-state index is -4.72. The number of carbonyl (C=O) groups excluding carboxylic acids is 2. The minimum absolute atomic E-state index is 0.194. The lowest BCUT2D eigenvalue weighted by Crippen LogP contribution is -2.29. The second kappa shape index (κ2) is 18.6. The van der Waals surface area contributed by atoms with Gasteiger partial charge in [0.25, 0.3) is 0 Å². The quantitative estimate of drug-likeness (QED) is 0.117. The summed E-state index contributed by atoms with van der Waals surface area (Å²) in [6.07, 6.45) is 12.0. The fourth-order valence-corrected chi connectivity index (χ4v) is 3.12. The van der Waals surface area contributed by atoms with Crippen molar-refractivity contribution < 1.29 is 37.9 Å². The van der Waals surface area contributed by atoms with E-state index in [1.165, 1.54) is 0 Å². The Hall–Kier alpha value is -1.21. The van der Waals surface area contributed by atoms with Crippen molar-refractivity contribution in [1.29, 1.82) is 0 Å². The van der Waals surface area contributed by atoms with E-state index >= 15 is 0 Å². The van der Waals surface area contributed by atoms with Crippen LogP contribution in [0, 0.1) is 0 Å². The lowest BCUT2D eigenvalue weighted by atomic mass is 10.1. The topological polar surface area (TPSA) is 119 Å². The molecule has 0 aromatic carbocycles. The molecule has 0 unspecified atom stereocenters. The molecule has 0 aromatic heterocycles. The Morgan fingerprint density at radius 2 is 1.47 bits per heavy atom. The Labute approximate surface area is 180 Å². The number of hydrogen-bond acceptors (Lipinski definition) is 6. The molecule has 8 nitrogen and oxygen atoms in total. The molecule has 0 aromatic rings. The van der Waals surface area contributed by atoms with Crippen molar-refractivity contribution in [2.45, 2.75) is 96.5 Å². The van der Waals surface area contributed by atoms with Crippen LogP contribution in [0.25, 0.3) is 0 Å². The van der Waals surface area contributed by atoms with Crippen molar-refractivity contribution in [2.75, 3.05) is 13.2 Å². The predicted octanol–water partition coefficient (Wildman–Crippen LogP) is 4.83. The lowest BCUT2D eigenvalue weighted by Gasteiger charge is -2.18. The Balaban J connectivity index is 4.22. The molecule has 0 aliphatic rings. The Bertz CT molecular complexity index is 517. The average Bonchev–Trinajstić information content (AvgIpc) is 2.68. The number of esters is 2. The zero-order chi connectivity index (χ0) is 22.7. The Morgan fingerprint density at radius 3 is 2.07 bits per heavy atom. The first-order chi connectivity index (χ1) is 14.3. The van der Waals surface area contributed by atoms with Gasteiger partial charge in [-0.3, -0.25) is 14.1 Å². The van der Waals surface area contributed by atoms with Gasteiger partial charge in [-0.05, 0) is 25.7 Å². The second-order valence-corrected chi connectivity index (χ2v) is 8.58. The van der Waals surface area contributed by atoms with Crippen molar-refractivity contribution in [2.24, 2.45) is 0 Å². The van der Waals surface area contributed by atoms with Gasteiger partial charge in [0.15, 0.2) is 6.10 Å². The summed E-state index contributed by atoms with van der Waals surface area (Å²) in [4.78, 5) is 41.6. The Morgan fingerprint density at radius 1 is 0.900 bits per heavy atom. The van der Waals surface area contributed by atoms with E-state index in [0.717, 1.165) is 64.2 Å². The van der Waals surface area contributed by atoms with Crippen molar-refractivity contribution in [3.05, 3.63) is 12.7 Å². The molecular formula is C21H39O8P. The van der Waals surface area contributed by atoms with Crippen molar-refractivity contribution in [3.63, 3.8) is 0 Å². The van der Waals surface area contributed by atoms with Crippen molar-refractivity contribution >= 4 is 19.8 Å². The van der Waals surface area contributed by atoms with Gasteiger partial charge in [0.1, 0.15) is 6.61 Å². The van der Waals surface area contributed by atoms with Crippen LogP contribution in [0.2, 0.25) is 0 Å². The van der Waals surface area contributed by atoms with E-state index in [2.05, 4.69) is 18.0 Å². The number of phosphoric ester groups is 1. The first-order valence-electron chi connectivity index (χ1n) is 10.9. The minimum Gasteiger partial charge on any atom is -0.462 e. The monoisotopic (exact) mass is 450 g/mol. The number of hydrogen-bond donors (Lipinski definition) is 2. The number of phosphoric acid groups is 1. The van der Waals surface area contributed by atoms with Gasteiger partial charge in [-0.1, -0.05) is 57.9 Å². The molecule has 176 valence electrons. The third-order valence-corrected chi connectivity index (χ3v) is 4.92. The highest BCUT2D eigenvalue weighted by Crippen LogP contribution is 2.35. The summed E-state index contributed by atoms with van der Waals surface area (Å²) in [6.45, 7) is 4.96. The molecule has 0 heterocycles. The van der Waals surface area contributed by atoms with Crippen LogP contribution in [0.15, 0.2) is 12.7 Å². The largest absolute Gasteiger partial charge is 0.469 e. The van der Waals surface area contributed by atoms with Crippen LogP contribution in [0.1, 0.15) is 90.4 Å². The second-order valence-electron chi connectivity index (χ2n) is 7.34. The van der Waals surface area contributed by atoms with Gasteiger partial charge in [-0.25, -0.2) is 4.57 Å². The van der Waals surface area contributed by atoms with Crippen molar-refractivity contribution in [3.8, 4) is 0 Å². The van der Waals surface area contributed by atoms with Crippen LogP contribution in [0.3, 0.4) is 0 Å². The molecule has 0 fully saturated rings. The van der Waals surface area contributed by atoms with E-state index in [0.29, 0.717) is 6.42 Å².